The van der Waals surface area contributed by atoms with Crippen molar-refractivity contribution in [1.82, 2.24) is 9.88 Å². The summed E-state index contributed by atoms with van der Waals surface area (Å²) in [5.41, 5.74) is 2.90. The molecule has 0 amide bonds. The molecule has 1 aromatic heterocycles. The van der Waals surface area contributed by atoms with Gasteiger partial charge in [0, 0.05) is 42.4 Å². The molecule has 1 saturated heterocycles. The minimum atomic E-state index is -0.986. The van der Waals surface area contributed by atoms with Crippen LogP contribution in [0.2, 0.25) is 0 Å². The van der Waals surface area contributed by atoms with E-state index in [9.17, 15) is 9.18 Å². The summed E-state index contributed by atoms with van der Waals surface area (Å²) in [6, 6.07) is 21.0. The summed E-state index contributed by atoms with van der Waals surface area (Å²) in [6.07, 6.45) is 2.28. The molecular formula is C26H26FN3O2. The zero-order valence-corrected chi connectivity index (χ0v) is 18.0. The molecule has 164 valence electrons. The van der Waals surface area contributed by atoms with Crippen LogP contribution >= 0.6 is 0 Å². The van der Waals surface area contributed by atoms with Gasteiger partial charge in [0.25, 0.3) is 0 Å². The summed E-state index contributed by atoms with van der Waals surface area (Å²) in [7, 11) is 0. The molecule has 0 radical (unpaired) electrons. The van der Waals surface area contributed by atoms with Gasteiger partial charge in [-0.05, 0) is 47.9 Å². The van der Waals surface area contributed by atoms with Crippen molar-refractivity contribution in [3.8, 4) is 0 Å². The number of nitrogens with one attached hydrogen (secondary N) is 1. The van der Waals surface area contributed by atoms with Crippen molar-refractivity contribution < 1.29 is 14.3 Å². The molecule has 2 atom stereocenters. The van der Waals surface area contributed by atoms with Gasteiger partial charge in [-0.2, -0.15) is 0 Å². The maximum atomic E-state index is 14.2. The van der Waals surface area contributed by atoms with E-state index in [1.807, 2.05) is 12.1 Å². The Kier molecular flexibility index (Phi) is 5.31. The summed E-state index contributed by atoms with van der Waals surface area (Å²) in [6.45, 7) is 3.70. The lowest BCUT2D eigenvalue weighted by Crippen LogP contribution is -2.34. The number of carboxylic acids is 1. The second kappa shape index (κ2) is 8.28. The summed E-state index contributed by atoms with van der Waals surface area (Å²) < 4.78 is 15.7. The first-order valence-electron chi connectivity index (χ1n) is 11.0. The van der Waals surface area contributed by atoms with E-state index in [-0.39, 0.29) is 12.6 Å². The van der Waals surface area contributed by atoms with E-state index in [2.05, 4.69) is 59.6 Å². The fourth-order valence-electron chi connectivity index (χ4n) is 4.91. The first-order chi connectivity index (χ1) is 15.5. The van der Waals surface area contributed by atoms with Crippen LogP contribution in [-0.2, 0) is 11.3 Å². The summed E-state index contributed by atoms with van der Waals surface area (Å²) in [5, 5.41) is 15.9. The van der Waals surface area contributed by atoms with Crippen molar-refractivity contribution in [2.24, 2.45) is 0 Å². The van der Waals surface area contributed by atoms with Crippen LogP contribution in [0.15, 0.2) is 66.9 Å². The van der Waals surface area contributed by atoms with Gasteiger partial charge in [0.1, 0.15) is 12.4 Å². The monoisotopic (exact) mass is 431 g/mol. The number of hydrogen-bond donors (Lipinski definition) is 2. The van der Waals surface area contributed by atoms with Gasteiger partial charge in [-0.1, -0.05) is 42.5 Å². The second-order valence-corrected chi connectivity index (χ2v) is 8.59. The van der Waals surface area contributed by atoms with Crippen molar-refractivity contribution in [1.29, 1.82) is 0 Å². The van der Waals surface area contributed by atoms with E-state index in [1.165, 1.54) is 27.1 Å². The molecule has 32 heavy (non-hydrogen) atoms. The fourth-order valence-corrected chi connectivity index (χ4v) is 4.91. The van der Waals surface area contributed by atoms with Crippen LogP contribution in [0.25, 0.3) is 21.7 Å². The molecule has 0 bridgehead atoms. The zero-order chi connectivity index (χ0) is 22.2. The van der Waals surface area contributed by atoms with Gasteiger partial charge < -0.3 is 19.9 Å². The van der Waals surface area contributed by atoms with E-state index in [0.717, 1.165) is 25.2 Å². The normalized spacial score (nSPS) is 17.3. The molecule has 0 spiro atoms. The molecular weight excluding hydrogens is 405 g/mol. The molecule has 3 aromatic carbocycles. The van der Waals surface area contributed by atoms with E-state index in [4.69, 9.17) is 5.11 Å². The molecule has 5 nitrogen and oxygen atoms in total. The largest absolute Gasteiger partial charge is 0.480 e. The minimum absolute atomic E-state index is 0.218. The van der Waals surface area contributed by atoms with E-state index < -0.39 is 11.8 Å². The molecule has 0 saturated carbocycles. The Balaban J connectivity index is 1.33. The molecule has 1 unspecified atom stereocenters. The Morgan fingerprint density at radius 3 is 2.81 bits per heavy atom. The van der Waals surface area contributed by atoms with E-state index in [0.29, 0.717) is 16.9 Å². The maximum absolute atomic E-state index is 14.2. The van der Waals surface area contributed by atoms with Crippen molar-refractivity contribution in [3.05, 3.63) is 78.2 Å². The third-order valence-corrected chi connectivity index (χ3v) is 6.45. The van der Waals surface area contributed by atoms with E-state index in [1.54, 1.807) is 6.07 Å². The van der Waals surface area contributed by atoms with Gasteiger partial charge in [0.05, 0.1) is 5.52 Å². The molecule has 1 aliphatic rings. The highest BCUT2D eigenvalue weighted by molar-refractivity contribution is 5.86. The van der Waals surface area contributed by atoms with Crippen molar-refractivity contribution in [2.75, 3.05) is 18.0 Å². The molecule has 1 aliphatic heterocycles. The summed E-state index contributed by atoms with van der Waals surface area (Å²) in [5.74, 6) is -1.38. The van der Waals surface area contributed by atoms with Gasteiger partial charge >= 0.3 is 5.97 Å². The van der Waals surface area contributed by atoms with Gasteiger partial charge in [-0.15, -0.1) is 0 Å². The molecule has 0 aliphatic carbocycles. The van der Waals surface area contributed by atoms with Crippen LogP contribution in [0, 0.1) is 5.82 Å². The Bertz CT molecular complexity index is 1290. The number of aromatic nitrogens is 1. The molecule has 4 aromatic rings. The smallest absolute Gasteiger partial charge is 0.323 e. The lowest BCUT2D eigenvalue weighted by Gasteiger charge is -2.23. The van der Waals surface area contributed by atoms with Crippen LogP contribution < -0.4 is 10.2 Å². The van der Waals surface area contributed by atoms with Crippen LogP contribution in [0.5, 0.6) is 0 Å². The maximum Gasteiger partial charge on any atom is 0.323 e. The van der Waals surface area contributed by atoms with Gasteiger partial charge in [-0.25, -0.2) is 4.39 Å². The van der Waals surface area contributed by atoms with Crippen LogP contribution in [-0.4, -0.2) is 34.8 Å². The number of fused-ring (bicyclic) bond motifs is 2. The number of rotatable bonds is 6. The quantitative estimate of drug-likeness (QED) is 0.454. The lowest BCUT2D eigenvalue weighted by atomic mass is 9.99. The summed E-state index contributed by atoms with van der Waals surface area (Å²) in [4.78, 5) is 13.4. The molecule has 2 heterocycles. The number of halogens is 1. The highest BCUT2D eigenvalue weighted by atomic mass is 19.1. The van der Waals surface area contributed by atoms with Gasteiger partial charge in [0.2, 0.25) is 0 Å². The second-order valence-electron chi connectivity index (χ2n) is 8.59. The third kappa shape index (κ3) is 3.82. The highest BCUT2D eigenvalue weighted by Crippen LogP contribution is 2.29. The van der Waals surface area contributed by atoms with Crippen LogP contribution in [0.4, 0.5) is 10.1 Å². The number of nitrogens with zero attached hydrogens (tertiary/aromatic N) is 2. The zero-order valence-electron chi connectivity index (χ0n) is 18.0. The number of benzene rings is 3. The van der Waals surface area contributed by atoms with Gasteiger partial charge in [-0.3, -0.25) is 4.79 Å². The first kappa shape index (κ1) is 20.5. The highest BCUT2D eigenvalue weighted by Gasteiger charge is 2.25. The summed E-state index contributed by atoms with van der Waals surface area (Å²) >= 11 is 0. The standard InChI is InChI=1S/C26H26FN3O2/c1-17(21-8-4-6-18-5-2-3-7-22(18)21)28-19-11-12-29(14-19)20-9-10-23-24(27)15-30(16-26(31)32)25(23)13-20/h2-10,13,15,17,19,28H,11-12,14,16H2,1H3,(H,31,32)/t17-,19?/m1/s1. The number of carboxylic acid groups (broad SMARTS) is 1. The van der Waals surface area contributed by atoms with Crippen molar-refractivity contribution >= 4 is 33.3 Å². The van der Waals surface area contributed by atoms with Crippen molar-refractivity contribution in [3.63, 3.8) is 0 Å². The predicted molar refractivity (Wildman–Crippen MR) is 126 cm³/mol. The third-order valence-electron chi connectivity index (χ3n) is 6.45. The van der Waals surface area contributed by atoms with Crippen molar-refractivity contribution in [2.45, 2.75) is 32.0 Å². The van der Waals surface area contributed by atoms with E-state index >= 15 is 0 Å². The lowest BCUT2D eigenvalue weighted by molar-refractivity contribution is -0.137. The average Bonchev–Trinajstić information content (AvgIpc) is 3.37. The number of anilines is 1. The molecule has 5 rings (SSSR count). The molecule has 1 fully saturated rings. The Morgan fingerprint density at radius 1 is 1.16 bits per heavy atom. The van der Waals surface area contributed by atoms with Gasteiger partial charge in [0.15, 0.2) is 0 Å². The Labute approximate surface area is 186 Å². The molecule has 6 heteroatoms. The minimum Gasteiger partial charge on any atom is -0.480 e. The number of aliphatic carboxylic acids is 1. The topological polar surface area (TPSA) is 57.5 Å². The number of hydrogen-bond acceptors (Lipinski definition) is 3. The SMILES string of the molecule is C[C@@H](NC1CCN(c2ccc3c(F)cn(CC(=O)O)c3c2)C1)c1cccc2ccccc12. The Hall–Kier alpha value is -3.38. The van der Waals surface area contributed by atoms with Crippen LogP contribution in [0.1, 0.15) is 24.9 Å². The first-order valence-corrected chi connectivity index (χ1v) is 11.0. The van der Waals surface area contributed by atoms with Crippen LogP contribution in [0.3, 0.4) is 0 Å². The molecule has 2 N–H and O–H groups in total. The predicted octanol–water partition coefficient (Wildman–Crippen LogP) is 4.95. The Morgan fingerprint density at radius 2 is 1.97 bits per heavy atom. The number of carbonyl (C=O) groups is 1. The fraction of sp³-hybridized carbons (Fsp3) is 0.269. The average molecular weight is 432 g/mol.